The SMILES string of the molecule is C/C=C/[C@@H]1O[C@H]([C@@H](/C=C/C=C(\C)C[C@@H](C)/C=C(C)\C=C\[C@H]2CC=CC(=O)O2)CC(=O)OCc2ccc(CC(=O)[C@H](CCCNC(N)=O)NC(=O)[C@@H](CC(=O)OCC)C(C)C)cc2)C[C@@H](O)[C@@H]1C. The van der Waals surface area contributed by atoms with E-state index in [1.807, 2.05) is 83.2 Å². The maximum Gasteiger partial charge on any atom is 0.331 e. The van der Waals surface area contributed by atoms with E-state index < -0.39 is 48.0 Å². The van der Waals surface area contributed by atoms with Crippen LogP contribution in [0.15, 0.2) is 96.2 Å². The van der Waals surface area contributed by atoms with E-state index in [1.165, 1.54) is 6.08 Å². The van der Waals surface area contributed by atoms with Crippen LogP contribution in [0.5, 0.6) is 0 Å². The molecule has 2 aliphatic rings. The summed E-state index contributed by atoms with van der Waals surface area (Å²) in [6, 6.07) is 5.54. The van der Waals surface area contributed by atoms with Crippen molar-refractivity contribution in [2.45, 2.75) is 144 Å². The minimum atomic E-state index is -0.878. The number of nitrogens with two attached hydrogens (primary N) is 1. The second kappa shape index (κ2) is 29.2. The van der Waals surface area contributed by atoms with E-state index >= 15 is 0 Å². The lowest BCUT2D eigenvalue weighted by Crippen LogP contribution is -2.46. The summed E-state index contributed by atoms with van der Waals surface area (Å²) in [6.45, 7) is 15.8. The summed E-state index contributed by atoms with van der Waals surface area (Å²) < 4.78 is 22.6. The van der Waals surface area contributed by atoms with Gasteiger partial charge in [-0.15, -0.1) is 0 Å². The number of carbonyl (C=O) groups is 6. The van der Waals surface area contributed by atoms with Gasteiger partial charge in [-0.3, -0.25) is 19.2 Å². The number of aliphatic hydroxyl groups is 1. The first-order chi connectivity index (χ1) is 31.9. The van der Waals surface area contributed by atoms with Crippen LogP contribution in [0.1, 0.15) is 111 Å². The van der Waals surface area contributed by atoms with Crippen LogP contribution in [0.4, 0.5) is 4.79 Å². The Morgan fingerprint density at radius 2 is 1.69 bits per heavy atom. The Morgan fingerprint density at radius 1 is 0.985 bits per heavy atom. The first-order valence-electron chi connectivity index (χ1n) is 23.7. The molecule has 1 saturated heterocycles. The third-order valence-electron chi connectivity index (χ3n) is 11.9. The summed E-state index contributed by atoms with van der Waals surface area (Å²) in [5, 5.41) is 16.4. The van der Waals surface area contributed by atoms with E-state index in [9.17, 15) is 33.9 Å². The standard InChI is InChI=1S/C53H75N3O11/c1-9-14-47-38(8)45(57)32-48(67-47)41(16-11-15-35(5)27-37(7)28-36(6)20-25-42-17-12-19-49(59)66-42)30-50(60)65-33-40-23-21-39(22-24-40)29-46(58)44(18-13-26-55-53(54)63)56-52(62)43(34(3)4)31-51(61)64-10-2/h9,11-12,14-16,19-25,28,34,37-38,41-45,47-48,57H,10,13,17-18,26-27,29-33H2,1-8H3,(H,56,62)(H3,54,55,63)/b14-9+,16-11+,25-20+,35-15+,36-28-/t37-,38+,41+,42-,43+,44+,45-,47+,48+/m1/s1. The van der Waals surface area contributed by atoms with E-state index in [4.69, 9.17) is 24.7 Å². The molecule has 5 N–H and O–H groups in total. The molecule has 14 heteroatoms. The molecule has 0 spiro atoms. The molecule has 2 heterocycles. The normalized spacial score (nSPS) is 22.1. The predicted molar refractivity (Wildman–Crippen MR) is 258 cm³/mol. The smallest absolute Gasteiger partial charge is 0.331 e. The number of primary amides is 1. The number of hydrogen-bond donors (Lipinski definition) is 4. The van der Waals surface area contributed by atoms with Gasteiger partial charge < -0.3 is 40.4 Å². The van der Waals surface area contributed by atoms with Crippen molar-refractivity contribution in [2.24, 2.45) is 35.3 Å². The highest BCUT2D eigenvalue weighted by Crippen LogP contribution is 2.32. The van der Waals surface area contributed by atoms with Gasteiger partial charge in [0.05, 0.1) is 49.7 Å². The van der Waals surface area contributed by atoms with Crippen molar-refractivity contribution in [1.82, 2.24) is 10.6 Å². The lowest BCUT2D eigenvalue weighted by Gasteiger charge is -2.39. The number of ether oxygens (including phenoxy) is 4. The summed E-state index contributed by atoms with van der Waals surface area (Å²) in [6.07, 6.45) is 19.9. The summed E-state index contributed by atoms with van der Waals surface area (Å²) >= 11 is 0. The molecule has 3 amide bonds. The summed E-state index contributed by atoms with van der Waals surface area (Å²) in [5.74, 6) is -3.06. The molecule has 1 aromatic carbocycles. The monoisotopic (exact) mass is 930 g/mol. The Bertz CT molecular complexity index is 1980. The molecule has 1 aromatic rings. The van der Waals surface area contributed by atoms with Gasteiger partial charge in [-0.05, 0) is 76.0 Å². The number of Topliss-reactive ketones (excluding diaryl/α,β-unsaturated/α-hetero) is 1. The van der Waals surface area contributed by atoms with Gasteiger partial charge in [0, 0.05) is 43.7 Å². The van der Waals surface area contributed by atoms with E-state index in [0.717, 1.165) is 17.6 Å². The molecule has 2 aliphatic heterocycles. The maximum atomic E-state index is 13.7. The fourth-order valence-corrected chi connectivity index (χ4v) is 8.11. The molecule has 0 bridgehead atoms. The van der Waals surface area contributed by atoms with Crippen molar-refractivity contribution in [2.75, 3.05) is 13.2 Å². The molecule has 3 rings (SSSR count). The van der Waals surface area contributed by atoms with Crippen LogP contribution >= 0.6 is 0 Å². The van der Waals surface area contributed by atoms with Crippen molar-refractivity contribution in [3.63, 3.8) is 0 Å². The van der Waals surface area contributed by atoms with Crippen molar-refractivity contribution in [3.8, 4) is 0 Å². The third-order valence-corrected chi connectivity index (χ3v) is 11.9. The zero-order valence-electron chi connectivity index (χ0n) is 40.7. The Labute approximate surface area is 397 Å². The Balaban J connectivity index is 1.67. The molecule has 368 valence electrons. The van der Waals surface area contributed by atoms with Gasteiger partial charge in [0.2, 0.25) is 5.91 Å². The van der Waals surface area contributed by atoms with Gasteiger partial charge in [-0.2, -0.15) is 0 Å². The zero-order valence-corrected chi connectivity index (χ0v) is 40.7. The number of allylic oxidation sites excluding steroid dienone is 7. The number of amides is 3. The number of rotatable bonds is 26. The molecular formula is C53H75N3O11. The highest BCUT2D eigenvalue weighted by Gasteiger charge is 2.37. The van der Waals surface area contributed by atoms with Crippen molar-refractivity contribution in [3.05, 3.63) is 107 Å². The van der Waals surface area contributed by atoms with E-state index in [0.29, 0.717) is 30.4 Å². The van der Waals surface area contributed by atoms with E-state index in [1.54, 1.807) is 31.2 Å². The largest absolute Gasteiger partial charge is 0.466 e. The molecule has 0 saturated carbocycles. The summed E-state index contributed by atoms with van der Waals surface area (Å²) in [5.41, 5.74) is 8.82. The maximum absolute atomic E-state index is 13.7. The van der Waals surface area contributed by atoms with Crippen LogP contribution in [0.2, 0.25) is 0 Å². The fourth-order valence-electron chi connectivity index (χ4n) is 8.11. The average Bonchev–Trinajstić information content (AvgIpc) is 3.26. The van der Waals surface area contributed by atoms with E-state index in [-0.39, 0.29) is 93.1 Å². The number of urea groups is 1. The van der Waals surface area contributed by atoms with Crippen molar-refractivity contribution < 1.29 is 52.8 Å². The Kier molecular flexibility index (Phi) is 24.3. The first kappa shape index (κ1) is 55.7. The van der Waals surface area contributed by atoms with Gasteiger partial charge in [0.1, 0.15) is 12.7 Å². The summed E-state index contributed by atoms with van der Waals surface area (Å²) in [4.78, 5) is 75.5. The molecular weight excluding hydrogens is 855 g/mol. The van der Waals surface area contributed by atoms with Crippen molar-refractivity contribution >= 4 is 35.6 Å². The van der Waals surface area contributed by atoms with Crippen LogP contribution in [0, 0.1) is 29.6 Å². The van der Waals surface area contributed by atoms with Crippen LogP contribution in [0.3, 0.4) is 0 Å². The number of aliphatic hydroxyl groups excluding tert-OH is 1. The highest BCUT2D eigenvalue weighted by atomic mass is 16.5. The lowest BCUT2D eigenvalue weighted by atomic mass is 9.84. The Hall–Kier alpha value is -5.60. The molecule has 0 aliphatic carbocycles. The predicted octanol–water partition coefficient (Wildman–Crippen LogP) is 7.64. The lowest BCUT2D eigenvalue weighted by molar-refractivity contribution is -0.152. The van der Waals surface area contributed by atoms with Gasteiger partial charge in [0.25, 0.3) is 0 Å². The van der Waals surface area contributed by atoms with Crippen LogP contribution in [-0.2, 0) is 55.9 Å². The molecule has 0 aromatic heterocycles. The molecule has 14 nitrogen and oxygen atoms in total. The fraction of sp³-hybridized carbons (Fsp3) is 0.547. The topological polar surface area (TPSA) is 210 Å². The number of hydrogen-bond acceptors (Lipinski definition) is 11. The van der Waals surface area contributed by atoms with Crippen LogP contribution in [0.25, 0.3) is 0 Å². The molecule has 67 heavy (non-hydrogen) atoms. The van der Waals surface area contributed by atoms with Crippen LogP contribution < -0.4 is 16.4 Å². The molecule has 0 unspecified atom stereocenters. The number of nitrogens with one attached hydrogen (secondary N) is 2. The zero-order chi connectivity index (χ0) is 49.5. The van der Waals surface area contributed by atoms with Crippen molar-refractivity contribution in [1.29, 1.82) is 0 Å². The second-order valence-corrected chi connectivity index (χ2v) is 18.1. The molecule has 0 radical (unpaired) electrons. The van der Waals surface area contributed by atoms with Gasteiger partial charge in [0.15, 0.2) is 5.78 Å². The third kappa shape index (κ3) is 20.8. The summed E-state index contributed by atoms with van der Waals surface area (Å²) in [7, 11) is 0. The van der Waals surface area contributed by atoms with E-state index in [2.05, 4.69) is 30.6 Å². The quantitative estimate of drug-likeness (QED) is 0.0233. The van der Waals surface area contributed by atoms with Gasteiger partial charge in [-0.1, -0.05) is 112 Å². The number of carbonyl (C=O) groups excluding carboxylic acids is 6. The molecule has 1 fully saturated rings. The number of cyclic esters (lactones) is 1. The Morgan fingerprint density at radius 3 is 2.34 bits per heavy atom. The second-order valence-electron chi connectivity index (χ2n) is 18.1. The average molecular weight is 930 g/mol. The van der Waals surface area contributed by atoms with Gasteiger partial charge in [-0.25, -0.2) is 9.59 Å². The molecule has 9 atom stereocenters. The highest BCUT2D eigenvalue weighted by molar-refractivity contribution is 5.92. The number of benzene rings is 1. The first-order valence-corrected chi connectivity index (χ1v) is 23.7. The minimum Gasteiger partial charge on any atom is -0.466 e. The van der Waals surface area contributed by atoms with Gasteiger partial charge >= 0.3 is 23.9 Å². The van der Waals surface area contributed by atoms with Crippen LogP contribution in [-0.4, -0.2) is 84.3 Å². The minimum absolute atomic E-state index is 0.000349. The number of esters is 3. The number of ketones is 1.